The lowest BCUT2D eigenvalue weighted by Crippen LogP contribution is -2.32. The van der Waals surface area contributed by atoms with E-state index in [0.29, 0.717) is 13.0 Å². The minimum Gasteiger partial charge on any atom is -0.391 e. The summed E-state index contributed by atoms with van der Waals surface area (Å²) in [6, 6.07) is 7.97. The third kappa shape index (κ3) is 15.4. The van der Waals surface area contributed by atoms with E-state index >= 15 is 0 Å². The topological polar surface area (TPSA) is 95.7 Å². The number of carbonyl (C=O) groups is 2. The Kier molecular flexibility index (Phi) is 16.7. The van der Waals surface area contributed by atoms with Gasteiger partial charge in [-0.2, -0.15) is 0 Å². The Morgan fingerprint density at radius 1 is 1.34 bits per heavy atom. The highest BCUT2D eigenvalue weighted by atomic mass is 16.3. The summed E-state index contributed by atoms with van der Waals surface area (Å²) >= 11 is 0. The Bertz CT molecular complexity index is 601. The maximum atomic E-state index is 11.6. The first-order chi connectivity index (χ1) is 13.7. The molecule has 1 unspecified atom stereocenters. The number of amides is 1. The van der Waals surface area contributed by atoms with E-state index < -0.39 is 0 Å². The lowest BCUT2D eigenvalue weighted by molar-refractivity contribution is -0.132. The van der Waals surface area contributed by atoms with Gasteiger partial charge in [-0.05, 0) is 50.6 Å². The third-order valence-electron chi connectivity index (χ3n) is 3.70. The molecule has 1 saturated heterocycles. The number of aliphatic hydroxyl groups excluding tert-OH is 1. The molecule has 6 heteroatoms. The molecular formula is C23H39N3O3. The van der Waals surface area contributed by atoms with Gasteiger partial charge in [0.1, 0.15) is 6.29 Å². The minimum absolute atomic E-state index is 0.0463. The largest absolute Gasteiger partial charge is 0.391 e. The molecule has 0 aromatic heterocycles. The number of hydrogen-bond acceptors (Lipinski definition) is 5. The van der Waals surface area contributed by atoms with Gasteiger partial charge in [0, 0.05) is 31.6 Å². The molecule has 1 aromatic carbocycles. The highest BCUT2D eigenvalue weighted by Gasteiger charge is 2.27. The summed E-state index contributed by atoms with van der Waals surface area (Å²) in [5.74, 6) is 2.75. The number of nitrogens with two attached hydrogens (primary N) is 1. The van der Waals surface area contributed by atoms with Gasteiger partial charge in [-0.3, -0.25) is 4.79 Å². The van der Waals surface area contributed by atoms with Crippen LogP contribution in [0.25, 0.3) is 0 Å². The number of terminal acetylenes is 1. The van der Waals surface area contributed by atoms with Crippen molar-refractivity contribution in [2.24, 2.45) is 11.1 Å². The van der Waals surface area contributed by atoms with E-state index in [2.05, 4.69) is 37.7 Å². The summed E-state index contributed by atoms with van der Waals surface area (Å²) in [6.45, 7) is 9.74. The molecule has 0 saturated carbocycles. The van der Waals surface area contributed by atoms with E-state index in [1.165, 1.54) is 19.5 Å². The van der Waals surface area contributed by atoms with Crippen LogP contribution in [0.2, 0.25) is 0 Å². The predicted molar refractivity (Wildman–Crippen MR) is 120 cm³/mol. The van der Waals surface area contributed by atoms with Gasteiger partial charge in [0.05, 0.1) is 6.10 Å². The van der Waals surface area contributed by atoms with Crippen LogP contribution in [0.4, 0.5) is 0 Å². The molecule has 4 N–H and O–H groups in total. The zero-order chi connectivity index (χ0) is 22.9. The Balaban J connectivity index is 0. The highest BCUT2D eigenvalue weighted by Crippen LogP contribution is 2.21. The van der Waals surface area contributed by atoms with Gasteiger partial charge in [-0.1, -0.05) is 38.8 Å². The van der Waals surface area contributed by atoms with E-state index in [1.54, 1.807) is 4.90 Å². The number of nitrogens with one attached hydrogen (secondary N) is 1. The van der Waals surface area contributed by atoms with Crippen LogP contribution < -0.4 is 11.1 Å². The van der Waals surface area contributed by atoms with Crippen LogP contribution in [0.15, 0.2) is 24.3 Å². The Labute approximate surface area is 176 Å². The number of rotatable bonds is 3. The average molecular weight is 406 g/mol. The second-order valence-electron chi connectivity index (χ2n) is 7.63. The summed E-state index contributed by atoms with van der Waals surface area (Å²) in [5.41, 5.74) is 6.74. The van der Waals surface area contributed by atoms with E-state index in [0.717, 1.165) is 31.4 Å². The molecule has 2 rings (SSSR count). The lowest BCUT2D eigenvalue weighted by atomic mass is 9.92. The minimum atomic E-state index is -0.302. The number of hydrogen-bond donors (Lipinski definition) is 3. The molecule has 1 fully saturated rings. The van der Waals surface area contributed by atoms with Gasteiger partial charge < -0.3 is 25.9 Å². The second-order valence-corrected chi connectivity index (χ2v) is 7.63. The van der Waals surface area contributed by atoms with Crippen LogP contribution in [0.5, 0.6) is 0 Å². The summed E-state index contributed by atoms with van der Waals surface area (Å²) in [7, 11) is 3.43. The Morgan fingerprint density at radius 2 is 1.86 bits per heavy atom. The molecule has 1 amide bonds. The molecule has 0 aliphatic carbocycles. The van der Waals surface area contributed by atoms with Crippen molar-refractivity contribution in [2.45, 2.75) is 53.2 Å². The van der Waals surface area contributed by atoms with Gasteiger partial charge in [-0.15, -0.1) is 6.42 Å². The predicted octanol–water partition coefficient (Wildman–Crippen LogP) is 2.18. The van der Waals surface area contributed by atoms with Crippen molar-refractivity contribution < 1.29 is 14.7 Å². The lowest BCUT2D eigenvalue weighted by Gasteiger charge is -2.22. The van der Waals surface area contributed by atoms with Crippen molar-refractivity contribution in [3.8, 4) is 12.3 Å². The van der Waals surface area contributed by atoms with Crippen molar-refractivity contribution in [3.63, 3.8) is 0 Å². The number of nitrogens with zero attached hydrogens (tertiary/aromatic N) is 1. The molecule has 29 heavy (non-hydrogen) atoms. The number of benzene rings is 1. The van der Waals surface area contributed by atoms with E-state index in [9.17, 15) is 9.90 Å². The molecule has 0 radical (unpaired) electrons. The Morgan fingerprint density at radius 3 is 2.21 bits per heavy atom. The zero-order valence-corrected chi connectivity index (χ0v) is 18.9. The molecule has 1 heterocycles. The standard InChI is InChI=1S/C10H19NO2.C10H11N.C2H4O.CH5N/c1-10(2,3)6-9(13)11-5-4-8(12)7-11;1-3-9-4-6-10(7-5-9)8-11-2;1-2-3;1-2/h8,12H,4-7H2,1-3H3;1,4-7,11H,8H2,2H3;2H,1H3;2H2,1H3. The quantitative estimate of drug-likeness (QED) is 0.529. The summed E-state index contributed by atoms with van der Waals surface area (Å²) in [4.78, 5) is 22.2. The van der Waals surface area contributed by atoms with Crippen LogP contribution in [0.3, 0.4) is 0 Å². The number of aldehydes is 1. The van der Waals surface area contributed by atoms with Crippen LogP contribution in [-0.2, 0) is 16.1 Å². The summed E-state index contributed by atoms with van der Waals surface area (Å²) in [6.07, 6.45) is 6.96. The van der Waals surface area contributed by atoms with E-state index in [-0.39, 0.29) is 17.4 Å². The smallest absolute Gasteiger partial charge is 0.223 e. The highest BCUT2D eigenvalue weighted by molar-refractivity contribution is 5.77. The van der Waals surface area contributed by atoms with Gasteiger partial charge in [0.15, 0.2) is 0 Å². The van der Waals surface area contributed by atoms with Crippen LogP contribution >= 0.6 is 0 Å². The molecular weight excluding hydrogens is 366 g/mol. The van der Waals surface area contributed by atoms with Crippen LogP contribution in [-0.4, -0.2) is 55.5 Å². The SMILES string of the molecule is C#Cc1ccc(CNC)cc1.CC(C)(C)CC(=O)N1CCC(O)C1.CC=O.CN. The number of β-amino-alcohol motifs (C(OH)–C–C–N with tert-alkyl or cyclic N) is 1. The van der Waals surface area contributed by atoms with Crippen molar-refractivity contribution >= 4 is 12.2 Å². The fourth-order valence-corrected chi connectivity index (χ4v) is 2.46. The maximum Gasteiger partial charge on any atom is 0.223 e. The fourth-order valence-electron chi connectivity index (χ4n) is 2.46. The molecule has 0 bridgehead atoms. The van der Waals surface area contributed by atoms with Crippen molar-refractivity contribution in [3.05, 3.63) is 35.4 Å². The van der Waals surface area contributed by atoms with Crippen molar-refractivity contribution in [2.75, 3.05) is 27.2 Å². The monoisotopic (exact) mass is 405 g/mol. The fraction of sp³-hybridized carbons (Fsp3) is 0.565. The van der Waals surface area contributed by atoms with Gasteiger partial charge >= 0.3 is 0 Å². The first-order valence-electron chi connectivity index (χ1n) is 9.80. The Hall–Kier alpha value is -2.20. The number of carbonyl (C=O) groups excluding carboxylic acids is 2. The van der Waals surface area contributed by atoms with E-state index in [1.807, 2.05) is 31.3 Å². The molecule has 1 atom stereocenters. The molecule has 6 nitrogen and oxygen atoms in total. The first-order valence-corrected chi connectivity index (χ1v) is 9.80. The van der Waals surface area contributed by atoms with Crippen LogP contribution in [0, 0.1) is 17.8 Å². The van der Waals surface area contributed by atoms with Crippen molar-refractivity contribution in [1.29, 1.82) is 0 Å². The number of aliphatic hydroxyl groups is 1. The molecule has 1 aliphatic heterocycles. The second kappa shape index (κ2) is 16.7. The van der Waals surface area contributed by atoms with Gasteiger partial charge in [0.2, 0.25) is 5.91 Å². The molecule has 164 valence electrons. The third-order valence-corrected chi connectivity index (χ3v) is 3.70. The maximum absolute atomic E-state index is 11.6. The normalized spacial score (nSPS) is 14.7. The summed E-state index contributed by atoms with van der Waals surface area (Å²) in [5, 5.41) is 12.3. The van der Waals surface area contributed by atoms with Gasteiger partial charge in [-0.25, -0.2) is 0 Å². The first kappa shape index (κ1) is 29.0. The molecule has 1 aromatic rings. The van der Waals surface area contributed by atoms with Crippen molar-refractivity contribution in [1.82, 2.24) is 10.2 Å². The summed E-state index contributed by atoms with van der Waals surface area (Å²) < 4.78 is 0. The average Bonchev–Trinajstić information content (AvgIpc) is 3.11. The van der Waals surface area contributed by atoms with E-state index in [4.69, 9.17) is 11.2 Å². The zero-order valence-electron chi connectivity index (χ0n) is 18.9. The number of likely N-dealkylation sites (tertiary alicyclic amines) is 1. The van der Waals surface area contributed by atoms with Crippen LogP contribution in [0.1, 0.15) is 51.7 Å². The van der Waals surface area contributed by atoms with Gasteiger partial charge in [0.25, 0.3) is 0 Å². The molecule has 1 aliphatic rings. The molecule has 0 spiro atoms.